The molecule has 0 aliphatic rings. The molecular weight excluding hydrogens is 212 g/mol. The van der Waals surface area contributed by atoms with Gasteiger partial charge in [-0.2, -0.15) is 0 Å². The Labute approximate surface area is 98.8 Å². The van der Waals surface area contributed by atoms with E-state index in [1.807, 2.05) is 0 Å². The van der Waals surface area contributed by atoms with Crippen LogP contribution in [0.3, 0.4) is 0 Å². The molecule has 0 heterocycles. The molecule has 0 aliphatic carbocycles. The third-order valence-corrected chi connectivity index (χ3v) is 3.93. The van der Waals surface area contributed by atoms with Crippen LogP contribution in [0, 0.1) is 0 Å². The largest absolute Gasteiger partial charge is 0.0622 e. The molecule has 0 saturated heterocycles. The quantitative estimate of drug-likeness (QED) is 0.666. The fourth-order valence-corrected chi connectivity index (χ4v) is 2.45. The molecule has 15 heavy (non-hydrogen) atoms. The Balaban J connectivity index is 0.00000112. The summed E-state index contributed by atoms with van der Waals surface area (Å²) in [5, 5.41) is 0. The first kappa shape index (κ1) is 11.9. The van der Waals surface area contributed by atoms with E-state index in [4.69, 9.17) is 0 Å². The van der Waals surface area contributed by atoms with Crippen molar-refractivity contribution >= 4 is 21.2 Å². The van der Waals surface area contributed by atoms with Gasteiger partial charge in [-0.3, -0.25) is 0 Å². The summed E-state index contributed by atoms with van der Waals surface area (Å²) >= 11 is 0. The zero-order chi connectivity index (χ0) is 9.80. The monoisotopic (exact) mass is 230 g/mol. The van der Waals surface area contributed by atoms with Gasteiger partial charge in [-0.15, -0.1) is 0 Å². The van der Waals surface area contributed by atoms with Crippen LogP contribution in [0.5, 0.6) is 0 Å². The van der Waals surface area contributed by atoms with Crippen LogP contribution in [0.2, 0.25) is 0 Å². The highest BCUT2D eigenvalue weighted by atomic mass is 28.1. The molecule has 0 fully saturated rings. The summed E-state index contributed by atoms with van der Waals surface area (Å²) in [5.74, 6) is 0. The molecule has 0 nitrogen and oxygen atoms in total. The van der Waals surface area contributed by atoms with Crippen LogP contribution in [0.1, 0.15) is 16.7 Å². The molecular formula is C13H18Si2. The highest BCUT2D eigenvalue weighted by Crippen LogP contribution is 2.20. The lowest BCUT2D eigenvalue weighted by molar-refractivity contribution is 1.14. The van der Waals surface area contributed by atoms with E-state index in [1.54, 1.807) is 0 Å². The van der Waals surface area contributed by atoms with Gasteiger partial charge in [0.05, 0.1) is 0 Å². The van der Waals surface area contributed by atoms with Crippen molar-refractivity contribution in [3.63, 3.8) is 0 Å². The fraction of sp³-hybridized carbons (Fsp3) is 0.0769. The third-order valence-electron chi connectivity index (χ3n) is 2.60. The predicted octanol–water partition coefficient (Wildman–Crippen LogP) is 0.690. The predicted molar refractivity (Wildman–Crippen MR) is 76.0 cm³/mol. The van der Waals surface area contributed by atoms with Crippen molar-refractivity contribution in [3.05, 3.63) is 71.8 Å². The Hall–Kier alpha value is -1.13. The molecule has 78 valence electrons. The Morgan fingerprint density at radius 2 is 1.00 bits per heavy atom. The average molecular weight is 230 g/mol. The molecule has 0 aromatic heterocycles. The lowest BCUT2D eigenvalue weighted by atomic mass is 10.0. The van der Waals surface area contributed by atoms with Crippen LogP contribution in [0.25, 0.3) is 0 Å². The zero-order valence-electron chi connectivity index (χ0n) is 8.35. The van der Waals surface area contributed by atoms with Crippen LogP contribution in [-0.2, 0) is 0 Å². The van der Waals surface area contributed by atoms with Crippen molar-refractivity contribution in [1.29, 1.82) is 0 Å². The second-order valence-corrected chi connectivity index (χ2v) is 4.70. The molecule has 2 rings (SSSR count). The standard InChI is InChI=1S/C13H14Si.H4Si/c14-13(11-7-3-1-4-8-11)12-9-5-2-6-10-12;/h1-10,13H,14H3;1H4. The molecule has 0 spiro atoms. The van der Waals surface area contributed by atoms with Crippen LogP contribution >= 0.6 is 0 Å². The molecule has 0 N–H and O–H groups in total. The Morgan fingerprint density at radius 3 is 1.33 bits per heavy atom. The number of hydrogen-bond acceptors (Lipinski definition) is 0. The number of benzene rings is 2. The van der Waals surface area contributed by atoms with Crippen molar-refractivity contribution in [1.82, 2.24) is 0 Å². The van der Waals surface area contributed by atoms with E-state index in [0.29, 0.717) is 5.54 Å². The van der Waals surface area contributed by atoms with Crippen molar-refractivity contribution in [2.75, 3.05) is 0 Å². The van der Waals surface area contributed by atoms with E-state index in [2.05, 4.69) is 60.7 Å². The molecule has 0 atom stereocenters. The maximum Gasteiger partial charge on any atom is 0.0178 e. The van der Waals surface area contributed by atoms with Crippen LogP contribution in [0.4, 0.5) is 0 Å². The SMILES string of the molecule is [SiH3]C(c1ccccc1)c1ccccc1.[SiH4]. The second kappa shape index (κ2) is 5.68. The van der Waals surface area contributed by atoms with Crippen molar-refractivity contribution < 1.29 is 0 Å². The Bertz CT molecular complexity index is 344. The molecule has 0 radical (unpaired) electrons. The van der Waals surface area contributed by atoms with Crippen LogP contribution in [-0.4, -0.2) is 21.2 Å². The first-order chi connectivity index (χ1) is 6.88. The number of rotatable bonds is 2. The van der Waals surface area contributed by atoms with E-state index >= 15 is 0 Å². The lowest BCUT2D eigenvalue weighted by Crippen LogP contribution is -1.99. The first-order valence-corrected chi connectivity index (χ1v) is 6.13. The summed E-state index contributed by atoms with van der Waals surface area (Å²) in [6.45, 7) is 0. The molecule has 0 unspecified atom stereocenters. The van der Waals surface area contributed by atoms with Crippen molar-refractivity contribution in [3.8, 4) is 0 Å². The Morgan fingerprint density at radius 1 is 0.667 bits per heavy atom. The molecule has 0 amide bonds. The van der Waals surface area contributed by atoms with E-state index in [9.17, 15) is 0 Å². The summed E-state index contributed by atoms with van der Waals surface area (Å²) in [6.07, 6.45) is 0. The van der Waals surface area contributed by atoms with E-state index in [0.717, 1.165) is 10.2 Å². The molecule has 0 saturated carbocycles. The summed E-state index contributed by atoms with van der Waals surface area (Å²) in [7, 11) is 1.16. The van der Waals surface area contributed by atoms with Gasteiger partial charge >= 0.3 is 0 Å². The van der Waals surface area contributed by atoms with Gasteiger partial charge in [-0.05, 0) is 27.6 Å². The molecule has 2 aromatic carbocycles. The zero-order valence-corrected chi connectivity index (χ0v) is 10.4. The molecule has 2 aromatic rings. The highest BCUT2D eigenvalue weighted by molar-refractivity contribution is 6.14. The molecule has 2 heteroatoms. The van der Waals surface area contributed by atoms with Gasteiger partial charge in [0.1, 0.15) is 0 Å². The van der Waals surface area contributed by atoms with Gasteiger partial charge in [0.2, 0.25) is 0 Å². The van der Waals surface area contributed by atoms with E-state index in [-0.39, 0.29) is 11.0 Å². The maximum atomic E-state index is 2.21. The van der Waals surface area contributed by atoms with Crippen molar-refractivity contribution in [2.45, 2.75) is 5.54 Å². The van der Waals surface area contributed by atoms with Gasteiger partial charge in [-0.1, -0.05) is 60.7 Å². The van der Waals surface area contributed by atoms with E-state index in [1.165, 1.54) is 11.1 Å². The van der Waals surface area contributed by atoms with Crippen LogP contribution in [0.15, 0.2) is 60.7 Å². The fourth-order valence-electron chi connectivity index (χ4n) is 1.68. The third kappa shape index (κ3) is 2.91. The topological polar surface area (TPSA) is 0 Å². The maximum absolute atomic E-state index is 2.21. The van der Waals surface area contributed by atoms with Gasteiger partial charge in [0.25, 0.3) is 0 Å². The minimum absolute atomic E-state index is 0. The first-order valence-electron chi connectivity index (χ1n) is 4.98. The summed E-state index contributed by atoms with van der Waals surface area (Å²) in [4.78, 5) is 0. The Kier molecular flexibility index (Phi) is 4.52. The minimum atomic E-state index is 0. The number of hydrogen-bond donors (Lipinski definition) is 0. The molecule has 0 aliphatic heterocycles. The average Bonchev–Trinajstić information content (AvgIpc) is 2.30. The van der Waals surface area contributed by atoms with Gasteiger partial charge in [-0.25, -0.2) is 0 Å². The summed E-state index contributed by atoms with van der Waals surface area (Å²) in [5.41, 5.74) is 3.49. The summed E-state index contributed by atoms with van der Waals surface area (Å²) in [6, 6.07) is 21.5. The van der Waals surface area contributed by atoms with Gasteiger partial charge in [0.15, 0.2) is 0 Å². The van der Waals surface area contributed by atoms with E-state index < -0.39 is 0 Å². The normalized spacial score (nSPS) is 9.93. The summed E-state index contributed by atoms with van der Waals surface area (Å²) < 4.78 is 0. The minimum Gasteiger partial charge on any atom is -0.0622 e. The lowest BCUT2D eigenvalue weighted by Gasteiger charge is -2.11. The second-order valence-electron chi connectivity index (χ2n) is 3.54. The van der Waals surface area contributed by atoms with Crippen molar-refractivity contribution in [2.24, 2.45) is 0 Å². The van der Waals surface area contributed by atoms with Gasteiger partial charge < -0.3 is 0 Å². The smallest absolute Gasteiger partial charge is 0.0178 e. The van der Waals surface area contributed by atoms with Crippen LogP contribution < -0.4 is 0 Å². The highest BCUT2D eigenvalue weighted by Gasteiger charge is 2.05. The molecule has 0 bridgehead atoms. The van der Waals surface area contributed by atoms with Gasteiger partial charge in [0, 0.05) is 10.2 Å².